The Balaban J connectivity index is 1.82. The van der Waals surface area contributed by atoms with Crippen LogP contribution in [0.25, 0.3) is 6.08 Å². The van der Waals surface area contributed by atoms with E-state index in [-0.39, 0.29) is 29.1 Å². The number of ether oxygens (including phenoxy) is 2. The zero-order chi connectivity index (χ0) is 26.2. The molecule has 182 valence electrons. The van der Waals surface area contributed by atoms with Crippen molar-refractivity contribution >= 4 is 45.3 Å². The fraction of sp³-hybridized carbons (Fsp3) is 0.0800. The topological polar surface area (TPSA) is 152 Å². The summed E-state index contributed by atoms with van der Waals surface area (Å²) in [7, 11) is 1.42. The van der Waals surface area contributed by atoms with Crippen molar-refractivity contribution in [3.8, 4) is 17.6 Å². The molecule has 0 aromatic heterocycles. The quantitative estimate of drug-likeness (QED) is 0.159. The molecule has 3 rings (SSSR count). The Kier molecular flexibility index (Phi) is 8.38. The second-order valence-corrected chi connectivity index (χ2v) is 8.11. The van der Waals surface area contributed by atoms with Crippen molar-refractivity contribution in [1.29, 1.82) is 5.26 Å². The molecule has 3 aromatic rings. The average Bonchev–Trinajstić information content (AvgIpc) is 2.86. The standard InChI is InChI=1S/C25H18BrN3O7/c1-35-22-11-16(8-18(13-27)24(30)28-19-6-3-5-17(12-19)25(31)32)10-21(26)23(22)36-14-15-4-2-7-20(9-15)29(33)34/h2-12H,14H2,1H3,(H,28,30)(H,31,32)/b18-8-. The van der Waals surface area contributed by atoms with Gasteiger partial charge in [-0.25, -0.2) is 4.79 Å². The minimum absolute atomic E-state index is 0.00958. The number of hydrogen-bond donors (Lipinski definition) is 2. The lowest BCUT2D eigenvalue weighted by atomic mass is 10.1. The maximum atomic E-state index is 12.6. The third-order valence-corrected chi connectivity index (χ3v) is 5.39. The summed E-state index contributed by atoms with van der Waals surface area (Å²) in [6.07, 6.45) is 1.34. The first-order valence-electron chi connectivity index (χ1n) is 10.2. The van der Waals surface area contributed by atoms with Crippen LogP contribution < -0.4 is 14.8 Å². The minimum atomic E-state index is -1.15. The van der Waals surface area contributed by atoms with Gasteiger partial charge >= 0.3 is 5.97 Å². The number of hydrogen-bond acceptors (Lipinski definition) is 7. The predicted molar refractivity (Wildman–Crippen MR) is 134 cm³/mol. The SMILES string of the molecule is COc1cc(/C=C(/C#N)C(=O)Nc2cccc(C(=O)O)c2)cc(Br)c1OCc1cccc([N+](=O)[O-])c1. The van der Waals surface area contributed by atoms with Crippen molar-refractivity contribution in [2.24, 2.45) is 0 Å². The highest BCUT2D eigenvalue weighted by Crippen LogP contribution is 2.38. The molecular weight excluding hydrogens is 534 g/mol. The van der Waals surface area contributed by atoms with Crippen molar-refractivity contribution in [2.45, 2.75) is 6.61 Å². The third-order valence-electron chi connectivity index (χ3n) is 4.80. The van der Waals surface area contributed by atoms with Crippen molar-refractivity contribution in [3.05, 3.63) is 97.5 Å². The highest BCUT2D eigenvalue weighted by Gasteiger charge is 2.15. The van der Waals surface area contributed by atoms with Crippen molar-refractivity contribution < 1.29 is 29.1 Å². The van der Waals surface area contributed by atoms with E-state index in [0.717, 1.165) is 0 Å². The smallest absolute Gasteiger partial charge is 0.335 e. The van der Waals surface area contributed by atoms with Crippen LogP contribution in [-0.2, 0) is 11.4 Å². The molecule has 0 aliphatic rings. The van der Waals surface area contributed by atoms with Crippen LogP contribution in [0.2, 0.25) is 0 Å². The van der Waals surface area contributed by atoms with Gasteiger partial charge in [-0.2, -0.15) is 5.26 Å². The number of amides is 1. The van der Waals surface area contributed by atoms with Gasteiger partial charge in [-0.15, -0.1) is 0 Å². The second kappa shape index (κ2) is 11.6. The zero-order valence-corrected chi connectivity index (χ0v) is 20.3. The van der Waals surface area contributed by atoms with Crippen LogP contribution in [-0.4, -0.2) is 29.0 Å². The van der Waals surface area contributed by atoms with Crippen LogP contribution in [0.15, 0.2) is 70.7 Å². The van der Waals surface area contributed by atoms with Gasteiger partial charge in [0.25, 0.3) is 11.6 Å². The van der Waals surface area contributed by atoms with Crippen LogP contribution in [0.5, 0.6) is 11.5 Å². The molecule has 0 saturated heterocycles. The van der Waals surface area contributed by atoms with Crippen LogP contribution in [0.4, 0.5) is 11.4 Å². The van der Waals surface area contributed by atoms with Gasteiger partial charge in [-0.3, -0.25) is 14.9 Å². The number of carboxylic acid groups (broad SMARTS) is 1. The maximum absolute atomic E-state index is 12.6. The molecule has 2 N–H and O–H groups in total. The van der Waals surface area contributed by atoms with E-state index in [1.807, 2.05) is 6.07 Å². The molecule has 36 heavy (non-hydrogen) atoms. The molecule has 0 atom stereocenters. The van der Waals surface area contributed by atoms with Crippen LogP contribution in [0.3, 0.4) is 0 Å². The minimum Gasteiger partial charge on any atom is -0.493 e. The highest BCUT2D eigenvalue weighted by atomic mass is 79.9. The van der Waals surface area contributed by atoms with Gasteiger partial charge in [0, 0.05) is 17.8 Å². The molecule has 10 nitrogen and oxygen atoms in total. The first-order chi connectivity index (χ1) is 17.2. The Bertz CT molecular complexity index is 1410. The molecule has 0 radical (unpaired) electrons. The van der Waals surface area contributed by atoms with E-state index < -0.39 is 16.8 Å². The van der Waals surface area contributed by atoms with E-state index >= 15 is 0 Å². The Labute approximate surface area is 213 Å². The van der Waals surface area contributed by atoms with Gasteiger partial charge in [0.2, 0.25) is 0 Å². The summed E-state index contributed by atoms with van der Waals surface area (Å²) >= 11 is 3.39. The first kappa shape index (κ1) is 25.9. The molecule has 0 saturated carbocycles. The number of nitro benzene ring substituents is 1. The molecular formula is C25H18BrN3O7. The van der Waals surface area contributed by atoms with Gasteiger partial charge in [-0.05, 0) is 63.5 Å². The summed E-state index contributed by atoms with van der Waals surface area (Å²) in [6.45, 7) is 0.0348. The van der Waals surface area contributed by atoms with Gasteiger partial charge < -0.3 is 19.9 Å². The van der Waals surface area contributed by atoms with E-state index in [4.69, 9.17) is 14.6 Å². The molecule has 0 unspecified atom stereocenters. The second-order valence-electron chi connectivity index (χ2n) is 7.26. The van der Waals surface area contributed by atoms with Crippen molar-refractivity contribution in [1.82, 2.24) is 0 Å². The summed E-state index contributed by atoms with van der Waals surface area (Å²) in [5.41, 5.74) is 0.967. The van der Waals surface area contributed by atoms with Crippen LogP contribution >= 0.6 is 15.9 Å². The van der Waals surface area contributed by atoms with Gasteiger partial charge in [0.05, 0.1) is 22.1 Å². The number of halogens is 1. The summed E-state index contributed by atoms with van der Waals surface area (Å²) in [6, 6.07) is 16.7. The van der Waals surface area contributed by atoms with Gasteiger partial charge in [0.15, 0.2) is 11.5 Å². The Morgan fingerprint density at radius 3 is 2.61 bits per heavy atom. The van der Waals surface area contributed by atoms with Crippen molar-refractivity contribution in [3.63, 3.8) is 0 Å². The number of anilines is 1. The monoisotopic (exact) mass is 551 g/mol. The predicted octanol–water partition coefficient (Wildman–Crippen LogP) is 5.19. The number of nitriles is 1. The normalized spacial score (nSPS) is 10.8. The van der Waals surface area contributed by atoms with E-state index in [1.165, 1.54) is 49.6 Å². The Morgan fingerprint density at radius 1 is 1.19 bits per heavy atom. The molecule has 0 aliphatic heterocycles. The average molecular weight is 552 g/mol. The number of benzene rings is 3. The molecule has 0 heterocycles. The largest absolute Gasteiger partial charge is 0.493 e. The molecule has 0 fully saturated rings. The summed E-state index contributed by atoms with van der Waals surface area (Å²) in [5.74, 6) is -1.24. The molecule has 0 spiro atoms. The molecule has 0 aliphatic carbocycles. The van der Waals surface area contributed by atoms with Gasteiger partial charge in [0.1, 0.15) is 18.2 Å². The summed E-state index contributed by atoms with van der Waals surface area (Å²) in [4.78, 5) is 34.2. The van der Waals surface area contributed by atoms with E-state index in [1.54, 1.807) is 24.3 Å². The van der Waals surface area contributed by atoms with Gasteiger partial charge in [-0.1, -0.05) is 18.2 Å². The highest BCUT2D eigenvalue weighted by molar-refractivity contribution is 9.10. The van der Waals surface area contributed by atoms with E-state index in [0.29, 0.717) is 27.1 Å². The fourth-order valence-electron chi connectivity index (χ4n) is 3.12. The fourth-order valence-corrected chi connectivity index (χ4v) is 3.70. The van der Waals surface area contributed by atoms with Crippen molar-refractivity contribution in [2.75, 3.05) is 12.4 Å². The molecule has 1 amide bonds. The lowest BCUT2D eigenvalue weighted by molar-refractivity contribution is -0.384. The number of carbonyl (C=O) groups excluding carboxylic acids is 1. The number of carboxylic acids is 1. The Hall–Kier alpha value is -4.69. The lowest BCUT2D eigenvalue weighted by Crippen LogP contribution is -2.14. The van der Waals surface area contributed by atoms with E-state index in [2.05, 4.69) is 21.2 Å². The number of nitrogens with one attached hydrogen (secondary N) is 1. The number of nitro groups is 1. The first-order valence-corrected chi connectivity index (χ1v) is 11.0. The number of aromatic carboxylic acids is 1. The number of nitrogens with zero attached hydrogens (tertiary/aromatic N) is 2. The number of carbonyl (C=O) groups is 2. The molecule has 11 heteroatoms. The number of non-ortho nitro benzene ring substituents is 1. The maximum Gasteiger partial charge on any atom is 0.335 e. The van der Waals surface area contributed by atoms with Crippen LogP contribution in [0.1, 0.15) is 21.5 Å². The molecule has 3 aromatic carbocycles. The summed E-state index contributed by atoms with van der Waals surface area (Å²) < 4.78 is 11.7. The molecule has 0 bridgehead atoms. The number of methoxy groups -OCH3 is 1. The number of rotatable bonds is 9. The Morgan fingerprint density at radius 2 is 1.94 bits per heavy atom. The van der Waals surface area contributed by atoms with Crippen LogP contribution in [0, 0.1) is 21.4 Å². The zero-order valence-electron chi connectivity index (χ0n) is 18.7. The lowest BCUT2D eigenvalue weighted by Gasteiger charge is -2.14. The summed E-state index contributed by atoms with van der Waals surface area (Å²) in [5, 5.41) is 32.1. The van der Waals surface area contributed by atoms with E-state index in [9.17, 15) is 25.0 Å². The third kappa shape index (κ3) is 6.46.